The number of rotatable bonds is 9. The maximum Gasteiger partial charge on any atom is 0.345 e. The van der Waals surface area contributed by atoms with Gasteiger partial charge in [0.05, 0.1) is 11.8 Å². The lowest BCUT2D eigenvalue weighted by molar-refractivity contribution is -0.312. The highest BCUT2D eigenvalue weighted by Gasteiger charge is 2.49. The maximum absolute atomic E-state index is 12.5. The van der Waals surface area contributed by atoms with E-state index in [-0.39, 0.29) is 19.0 Å². The lowest BCUT2D eigenvalue weighted by atomic mass is 9.97. The molecule has 1 heterocycles. The number of alkyl halides is 1. The number of urea groups is 1. The summed E-state index contributed by atoms with van der Waals surface area (Å²) in [5.74, 6) is -0.0472. The lowest BCUT2D eigenvalue weighted by Crippen LogP contribution is -2.64. The molecule has 0 aromatic heterocycles. The Kier molecular flexibility index (Phi) is 9.64. The topological polar surface area (TPSA) is 152 Å². The molecule has 0 aromatic rings. The second kappa shape index (κ2) is 10.9. The standard InChI is InChI=1S/C14H26ClN3O8/c1-3-4-6-17(14(23)18(16-24)7-5-15)12(22)11-9(20)8(19)10(21)13(25-2)26-11/h8-13,19-22H,3-7H2,1-2H3/t8-,9-,10+,11-,12?,13-/m0/s1. The predicted molar refractivity (Wildman–Crippen MR) is 89.9 cm³/mol. The third-order valence-electron chi connectivity index (χ3n) is 4.07. The molecule has 0 spiro atoms. The lowest BCUT2D eigenvalue weighted by Gasteiger charge is -2.44. The molecule has 1 saturated heterocycles. The number of hydrogen-bond donors (Lipinski definition) is 4. The number of amides is 2. The van der Waals surface area contributed by atoms with Crippen LogP contribution in [0.5, 0.6) is 0 Å². The van der Waals surface area contributed by atoms with Gasteiger partial charge in [0.1, 0.15) is 24.4 Å². The third kappa shape index (κ3) is 5.22. The van der Waals surface area contributed by atoms with Crippen molar-refractivity contribution in [3.63, 3.8) is 0 Å². The zero-order valence-corrected chi connectivity index (χ0v) is 15.4. The van der Waals surface area contributed by atoms with Crippen LogP contribution in [0.4, 0.5) is 4.79 Å². The number of methoxy groups -OCH3 is 1. The molecule has 2 amide bonds. The van der Waals surface area contributed by atoms with Crippen LogP contribution in [0.3, 0.4) is 0 Å². The van der Waals surface area contributed by atoms with Gasteiger partial charge < -0.3 is 29.9 Å². The zero-order valence-electron chi connectivity index (χ0n) is 14.6. The molecule has 0 bridgehead atoms. The van der Waals surface area contributed by atoms with Gasteiger partial charge in [-0.2, -0.15) is 5.01 Å². The fourth-order valence-corrected chi connectivity index (χ4v) is 2.72. The highest BCUT2D eigenvalue weighted by Crippen LogP contribution is 2.26. The van der Waals surface area contributed by atoms with Gasteiger partial charge in [0.2, 0.25) is 0 Å². The minimum atomic E-state index is -1.73. The number of unbranched alkanes of at least 4 members (excludes halogenated alkanes) is 1. The van der Waals surface area contributed by atoms with Crippen LogP contribution in [0, 0.1) is 4.91 Å². The van der Waals surface area contributed by atoms with Crippen molar-refractivity contribution >= 4 is 17.6 Å². The Hall–Kier alpha value is -1.08. The predicted octanol–water partition coefficient (Wildman–Crippen LogP) is -0.797. The minimum absolute atomic E-state index is 0.0354. The summed E-state index contributed by atoms with van der Waals surface area (Å²) in [5.41, 5.74) is 0. The fraction of sp³-hybridized carbons (Fsp3) is 0.929. The molecule has 1 rings (SSSR count). The number of hydrogen-bond acceptors (Lipinski definition) is 9. The zero-order chi connectivity index (χ0) is 19.9. The number of halogens is 1. The van der Waals surface area contributed by atoms with Crippen LogP contribution < -0.4 is 0 Å². The Labute approximate surface area is 156 Å². The van der Waals surface area contributed by atoms with E-state index >= 15 is 0 Å². The van der Waals surface area contributed by atoms with Crippen LogP contribution in [0.15, 0.2) is 5.29 Å². The van der Waals surface area contributed by atoms with E-state index in [4.69, 9.17) is 21.1 Å². The molecule has 0 saturated carbocycles. The second-order valence-electron chi connectivity index (χ2n) is 5.81. The van der Waals surface area contributed by atoms with Gasteiger partial charge in [0.15, 0.2) is 12.5 Å². The summed E-state index contributed by atoms with van der Waals surface area (Å²) in [6.07, 6.45) is -8.28. The number of nitrogens with zero attached hydrogens (tertiary/aromatic N) is 3. The quantitative estimate of drug-likeness (QED) is 0.170. The number of aliphatic hydroxyl groups excluding tert-OH is 4. The number of ether oxygens (including phenoxy) is 2. The summed E-state index contributed by atoms with van der Waals surface area (Å²) in [6.45, 7) is 1.72. The second-order valence-corrected chi connectivity index (χ2v) is 6.19. The molecule has 0 aliphatic carbocycles. The number of carbonyl (C=O) groups excluding carboxylic acids is 1. The maximum atomic E-state index is 12.5. The van der Waals surface area contributed by atoms with Crippen LogP contribution >= 0.6 is 11.6 Å². The first-order valence-corrected chi connectivity index (χ1v) is 8.75. The Morgan fingerprint density at radius 1 is 1.27 bits per heavy atom. The van der Waals surface area contributed by atoms with Crippen LogP contribution in [0.1, 0.15) is 19.8 Å². The van der Waals surface area contributed by atoms with Crippen molar-refractivity contribution in [1.29, 1.82) is 0 Å². The van der Waals surface area contributed by atoms with Crippen LogP contribution in [0.2, 0.25) is 0 Å². The van der Waals surface area contributed by atoms with Gasteiger partial charge in [-0.15, -0.1) is 16.5 Å². The molecule has 11 nitrogen and oxygen atoms in total. The SMILES string of the molecule is CCCCN(C(=O)N(CCCl)N=O)C(O)[C@H]1O[C@H](OC)[C@H](O)[C@@H](O)[C@@H]1O. The summed E-state index contributed by atoms with van der Waals surface area (Å²) in [5, 5.41) is 43.6. The molecule has 1 aliphatic heterocycles. The van der Waals surface area contributed by atoms with Crippen molar-refractivity contribution in [3.8, 4) is 0 Å². The van der Waals surface area contributed by atoms with Crippen LogP contribution in [-0.2, 0) is 9.47 Å². The highest BCUT2D eigenvalue weighted by atomic mass is 35.5. The van der Waals surface area contributed by atoms with Gasteiger partial charge in [-0.1, -0.05) is 13.3 Å². The highest BCUT2D eigenvalue weighted by molar-refractivity contribution is 6.18. The average Bonchev–Trinajstić information content (AvgIpc) is 2.64. The Morgan fingerprint density at radius 2 is 1.92 bits per heavy atom. The number of nitroso groups, excluding NO2 is 1. The molecule has 6 atom stereocenters. The van der Waals surface area contributed by atoms with E-state index in [0.29, 0.717) is 17.9 Å². The van der Waals surface area contributed by atoms with E-state index in [2.05, 4.69) is 5.29 Å². The van der Waals surface area contributed by atoms with Crippen LogP contribution in [-0.4, -0.2) is 99.4 Å². The van der Waals surface area contributed by atoms with E-state index in [1.54, 1.807) is 0 Å². The number of aliphatic hydroxyl groups is 4. The van der Waals surface area contributed by atoms with Crippen molar-refractivity contribution in [2.45, 2.75) is 56.7 Å². The molecule has 1 aliphatic rings. The summed E-state index contributed by atoms with van der Waals surface area (Å²) in [6, 6.07) is -0.924. The first-order chi connectivity index (χ1) is 12.3. The summed E-state index contributed by atoms with van der Waals surface area (Å²) in [7, 11) is 1.21. The van der Waals surface area contributed by atoms with Gasteiger partial charge in [0.25, 0.3) is 0 Å². The van der Waals surface area contributed by atoms with E-state index in [9.17, 15) is 30.1 Å². The van der Waals surface area contributed by atoms with Gasteiger partial charge in [-0.3, -0.25) is 4.90 Å². The molecule has 1 fully saturated rings. The Balaban J connectivity index is 3.04. The smallest absolute Gasteiger partial charge is 0.345 e. The van der Waals surface area contributed by atoms with E-state index in [1.165, 1.54) is 7.11 Å². The molecular weight excluding hydrogens is 374 g/mol. The third-order valence-corrected chi connectivity index (χ3v) is 4.24. The first kappa shape index (κ1) is 23.0. The minimum Gasteiger partial charge on any atom is -0.387 e. The fourth-order valence-electron chi connectivity index (χ4n) is 2.56. The largest absolute Gasteiger partial charge is 0.387 e. The van der Waals surface area contributed by atoms with E-state index < -0.39 is 43.0 Å². The van der Waals surface area contributed by atoms with Gasteiger partial charge in [-0.25, -0.2) is 4.79 Å². The normalized spacial score (nSPS) is 29.9. The van der Waals surface area contributed by atoms with Gasteiger partial charge in [-0.05, 0) is 6.42 Å². The van der Waals surface area contributed by atoms with E-state index in [0.717, 1.165) is 4.90 Å². The Bertz CT molecular complexity index is 458. The monoisotopic (exact) mass is 399 g/mol. The van der Waals surface area contributed by atoms with Crippen molar-refractivity contribution < 1.29 is 34.7 Å². The molecule has 26 heavy (non-hydrogen) atoms. The van der Waals surface area contributed by atoms with Crippen LogP contribution in [0.25, 0.3) is 0 Å². The van der Waals surface area contributed by atoms with E-state index in [1.807, 2.05) is 6.92 Å². The molecule has 12 heteroatoms. The summed E-state index contributed by atoms with van der Waals surface area (Å²) >= 11 is 5.54. The molecule has 0 radical (unpaired) electrons. The first-order valence-electron chi connectivity index (χ1n) is 8.21. The van der Waals surface area contributed by atoms with Crippen molar-refractivity contribution in [2.75, 3.05) is 26.1 Å². The van der Waals surface area contributed by atoms with Crippen molar-refractivity contribution in [2.24, 2.45) is 5.29 Å². The summed E-state index contributed by atoms with van der Waals surface area (Å²) < 4.78 is 10.2. The Morgan fingerprint density at radius 3 is 2.42 bits per heavy atom. The number of carbonyl (C=O) groups is 1. The average molecular weight is 400 g/mol. The molecular formula is C14H26ClN3O8. The van der Waals surface area contributed by atoms with Crippen molar-refractivity contribution in [3.05, 3.63) is 4.91 Å². The van der Waals surface area contributed by atoms with Crippen molar-refractivity contribution in [1.82, 2.24) is 9.91 Å². The molecule has 152 valence electrons. The van der Waals surface area contributed by atoms with Gasteiger partial charge in [0, 0.05) is 19.5 Å². The molecule has 0 aromatic carbocycles. The molecule has 4 N–H and O–H groups in total. The molecule has 1 unspecified atom stereocenters. The van der Waals surface area contributed by atoms with Gasteiger partial charge >= 0.3 is 6.03 Å². The summed E-state index contributed by atoms with van der Waals surface area (Å²) in [4.78, 5) is 24.3.